The molecule has 126 valence electrons. The van der Waals surface area contributed by atoms with Crippen LogP contribution in [-0.4, -0.2) is 56.0 Å². The van der Waals surface area contributed by atoms with Gasteiger partial charge in [0.25, 0.3) is 0 Å². The van der Waals surface area contributed by atoms with Crippen LogP contribution in [0.1, 0.15) is 26.2 Å². The number of nitrogens with zero attached hydrogens (tertiary/aromatic N) is 2. The Morgan fingerprint density at radius 2 is 1.96 bits per heavy atom. The molecule has 2 heterocycles. The van der Waals surface area contributed by atoms with Crippen molar-refractivity contribution in [1.82, 2.24) is 4.90 Å². The molecule has 0 bridgehead atoms. The Bertz CT molecular complexity index is 502. The Hall–Kier alpha value is -1.43. The fourth-order valence-corrected chi connectivity index (χ4v) is 3.49. The Balaban J connectivity index is 1.66. The van der Waals surface area contributed by atoms with E-state index in [-0.39, 0.29) is 18.2 Å². The lowest BCUT2D eigenvalue weighted by molar-refractivity contribution is -0.129. The summed E-state index contributed by atoms with van der Waals surface area (Å²) in [4.78, 5) is 16.9. The number of anilines is 1. The number of carbonyl (C=O) groups is 1. The monoisotopic (exact) mass is 318 g/mol. The van der Waals surface area contributed by atoms with E-state index in [1.165, 1.54) is 6.42 Å². The minimum absolute atomic E-state index is 0.142. The molecule has 0 unspecified atom stereocenters. The molecule has 2 aliphatic rings. The number of likely N-dealkylation sites (N-methyl/N-ethyl adjacent to an activating group) is 1. The number of rotatable bonds is 5. The van der Waals surface area contributed by atoms with Gasteiger partial charge in [-0.25, -0.2) is 0 Å². The molecule has 23 heavy (non-hydrogen) atoms. The third kappa shape index (κ3) is 3.91. The van der Waals surface area contributed by atoms with E-state index >= 15 is 0 Å². The number of amides is 1. The summed E-state index contributed by atoms with van der Waals surface area (Å²) in [5, 5.41) is 0. The van der Waals surface area contributed by atoms with Crippen molar-refractivity contribution in [1.29, 1.82) is 0 Å². The molecular weight excluding hydrogens is 292 g/mol. The SMILES string of the molecule is CCN(C(=O)CN1CCCC[C@H]1C1OCCO1)c1ccccc1. The maximum Gasteiger partial charge on any atom is 0.241 e. The summed E-state index contributed by atoms with van der Waals surface area (Å²) < 4.78 is 11.4. The van der Waals surface area contributed by atoms with Crippen LogP contribution in [0.3, 0.4) is 0 Å². The maximum absolute atomic E-state index is 12.8. The normalized spacial score (nSPS) is 23.1. The van der Waals surface area contributed by atoms with Crippen LogP contribution < -0.4 is 4.90 Å². The first-order chi connectivity index (χ1) is 11.3. The third-order valence-corrected chi connectivity index (χ3v) is 4.65. The van der Waals surface area contributed by atoms with Gasteiger partial charge in [-0.1, -0.05) is 24.6 Å². The molecule has 0 aromatic heterocycles. The predicted octanol–water partition coefficient (Wildman–Crippen LogP) is 2.27. The zero-order valence-electron chi connectivity index (χ0n) is 13.8. The number of piperidine rings is 1. The Morgan fingerprint density at radius 3 is 2.65 bits per heavy atom. The van der Waals surface area contributed by atoms with Gasteiger partial charge in [-0.05, 0) is 38.4 Å². The van der Waals surface area contributed by atoms with E-state index in [1.54, 1.807) is 0 Å². The largest absolute Gasteiger partial charge is 0.349 e. The molecule has 0 N–H and O–H groups in total. The van der Waals surface area contributed by atoms with E-state index in [9.17, 15) is 4.79 Å². The average Bonchev–Trinajstić information content (AvgIpc) is 3.11. The van der Waals surface area contributed by atoms with Crippen LogP contribution in [-0.2, 0) is 14.3 Å². The summed E-state index contributed by atoms with van der Waals surface area (Å²) in [5.41, 5.74) is 0.960. The van der Waals surface area contributed by atoms with Gasteiger partial charge in [0, 0.05) is 12.2 Å². The van der Waals surface area contributed by atoms with Crippen molar-refractivity contribution in [2.45, 2.75) is 38.5 Å². The number of carbonyl (C=O) groups excluding carboxylic acids is 1. The fraction of sp³-hybridized carbons (Fsp3) is 0.611. The minimum Gasteiger partial charge on any atom is -0.349 e. The van der Waals surface area contributed by atoms with Crippen LogP contribution in [0.2, 0.25) is 0 Å². The zero-order chi connectivity index (χ0) is 16.1. The van der Waals surface area contributed by atoms with Crippen molar-refractivity contribution in [2.24, 2.45) is 0 Å². The lowest BCUT2D eigenvalue weighted by atomic mass is 10.0. The van der Waals surface area contributed by atoms with Crippen LogP contribution in [0.5, 0.6) is 0 Å². The first-order valence-corrected chi connectivity index (χ1v) is 8.62. The number of likely N-dealkylation sites (tertiary alicyclic amines) is 1. The molecule has 1 aromatic carbocycles. The number of ether oxygens (including phenoxy) is 2. The lowest BCUT2D eigenvalue weighted by Gasteiger charge is -2.38. The van der Waals surface area contributed by atoms with Crippen molar-refractivity contribution in [3.8, 4) is 0 Å². The Kier molecular flexibility index (Phi) is 5.65. The predicted molar refractivity (Wildman–Crippen MR) is 89.4 cm³/mol. The van der Waals surface area contributed by atoms with Crippen LogP contribution in [0.25, 0.3) is 0 Å². The van der Waals surface area contributed by atoms with Gasteiger partial charge < -0.3 is 14.4 Å². The summed E-state index contributed by atoms with van der Waals surface area (Å²) in [5.74, 6) is 0.142. The van der Waals surface area contributed by atoms with Gasteiger partial charge >= 0.3 is 0 Å². The number of benzene rings is 1. The number of hydrogen-bond donors (Lipinski definition) is 0. The molecule has 0 aliphatic carbocycles. The van der Waals surface area contributed by atoms with Crippen LogP contribution >= 0.6 is 0 Å². The van der Waals surface area contributed by atoms with Crippen molar-refractivity contribution in [3.05, 3.63) is 30.3 Å². The van der Waals surface area contributed by atoms with E-state index < -0.39 is 0 Å². The molecule has 3 rings (SSSR count). The van der Waals surface area contributed by atoms with Crippen LogP contribution in [0.4, 0.5) is 5.69 Å². The van der Waals surface area contributed by atoms with Crippen molar-refractivity contribution in [2.75, 3.05) is 37.7 Å². The first-order valence-electron chi connectivity index (χ1n) is 8.62. The van der Waals surface area contributed by atoms with Gasteiger partial charge in [0.15, 0.2) is 6.29 Å². The molecule has 5 heteroatoms. The van der Waals surface area contributed by atoms with E-state index in [1.807, 2.05) is 42.2 Å². The molecule has 0 spiro atoms. The average molecular weight is 318 g/mol. The highest BCUT2D eigenvalue weighted by atomic mass is 16.7. The topological polar surface area (TPSA) is 42.0 Å². The Morgan fingerprint density at radius 1 is 1.22 bits per heavy atom. The van der Waals surface area contributed by atoms with Gasteiger partial charge in [-0.2, -0.15) is 0 Å². The van der Waals surface area contributed by atoms with Gasteiger partial charge in [-0.3, -0.25) is 9.69 Å². The summed E-state index contributed by atoms with van der Waals surface area (Å²) in [6.45, 7) is 5.38. The van der Waals surface area contributed by atoms with Crippen LogP contribution in [0, 0.1) is 0 Å². The van der Waals surface area contributed by atoms with Gasteiger partial charge in [0.1, 0.15) is 0 Å². The molecular formula is C18H26N2O3. The molecule has 0 radical (unpaired) electrons. The first kappa shape index (κ1) is 16.4. The van der Waals surface area contributed by atoms with Gasteiger partial charge in [0.05, 0.1) is 25.8 Å². The van der Waals surface area contributed by atoms with E-state index in [0.29, 0.717) is 26.3 Å². The number of para-hydroxylation sites is 1. The van der Waals surface area contributed by atoms with Crippen molar-refractivity contribution >= 4 is 11.6 Å². The number of hydrogen-bond acceptors (Lipinski definition) is 4. The Labute approximate surface area is 138 Å². The summed E-state index contributed by atoms with van der Waals surface area (Å²) in [6.07, 6.45) is 3.17. The zero-order valence-corrected chi connectivity index (χ0v) is 13.8. The summed E-state index contributed by atoms with van der Waals surface area (Å²) in [7, 11) is 0. The highest BCUT2D eigenvalue weighted by molar-refractivity contribution is 5.94. The second-order valence-corrected chi connectivity index (χ2v) is 6.12. The van der Waals surface area contributed by atoms with Crippen LogP contribution in [0.15, 0.2) is 30.3 Å². The summed E-state index contributed by atoms with van der Waals surface area (Å²) in [6, 6.07) is 10.1. The standard InChI is InChI=1S/C18H26N2O3/c1-2-20(15-8-4-3-5-9-15)17(21)14-19-11-7-6-10-16(19)18-22-12-13-23-18/h3-5,8-9,16,18H,2,6-7,10-14H2,1H3/t16-/m0/s1. The molecule has 1 amide bonds. The molecule has 1 atom stereocenters. The van der Waals surface area contributed by atoms with Crippen molar-refractivity contribution in [3.63, 3.8) is 0 Å². The highest BCUT2D eigenvalue weighted by Gasteiger charge is 2.35. The molecule has 2 fully saturated rings. The smallest absolute Gasteiger partial charge is 0.241 e. The fourth-order valence-electron chi connectivity index (χ4n) is 3.49. The van der Waals surface area contributed by atoms with E-state index in [4.69, 9.17) is 9.47 Å². The van der Waals surface area contributed by atoms with Crippen molar-refractivity contribution < 1.29 is 14.3 Å². The maximum atomic E-state index is 12.8. The van der Waals surface area contributed by atoms with E-state index in [2.05, 4.69) is 4.90 Å². The van der Waals surface area contributed by atoms with Gasteiger partial charge in [-0.15, -0.1) is 0 Å². The lowest BCUT2D eigenvalue weighted by Crippen LogP contribution is -2.51. The second kappa shape index (κ2) is 7.90. The second-order valence-electron chi connectivity index (χ2n) is 6.12. The minimum atomic E-state index is -0.171. The highest BCUT2D eigenvalue weighted by Crippen LogP contribution is 2.24. The molecule has 5 nitrogen and oxygen atoms in total. The molecule has 2 saturated heterocycles. The third-order valence-electron chi connectivity index (χ3n) is 4.65. The molecule has 1 aromatic rings. The summed E-state index contributed by atoms with van der Waals surface area (Å²) >= 11 is 0. The molecule has 2 aliphatic heterocycles. The molecule has 0 saturated carbocycles. The van der Waals surface area contributed by atoms with Gasteiger partial charge in [0.2, 0.25) is 5.91 Å². The quantitative estimate of drug-likeness (QED) is 0.835. The van der Waals surface area contributed by atoms with E-state index in [0.717, 1.165) is 25.1 Å².